The van der Waals surface area contributed by atoms with Crippen molar-refractivity contribution in [2.24, 2.45) is 0 Å². The summed E-state index contributed by atoms with van der Waals surface area (Å²) in [7, 11) is 1.87. The largest absolute Gasteiger partial charge is 0.485 e. The van der Waals surface area contributed by atoms with Crippen molar-refractivity contribution in [3.05, 3.63) is 62.8 Å². The molecular weight excluding hydrogens is 357 g/mol. The molecule has 21 heavy (non-hydrogen) atoms. The zero-order chi connectivity index (χ0) is 15.0. The molecule has 0 aromatic heterocycles. The van der Waals surface area contributed by atoms with Crippen LogP contribution < -0.4 is 10.1 Å². The van der Waals surface area contributed by atoms with Crippen LogP contribution in [-0.2, 0) is 0 Å². The predicted molar refractivity (Wildman–Crippen MR) is 85.3 cm³/mol. The topological polar surface area (TPSA) is 21.3 Å². The van der Waals surface area contributed by atoms with Crippen molar-refractivity contribution in [2.45, 2.75) is 18.6 Å². The first-order valence-electron chi connectivity index (χ1n) is 6.67. The van der Waals surface area contributed by atoms with Crippen LogP contribution in [0.25, 0.3) is 0 Å². The van der Waals surface area contributed by atoms with E-state index in [1.165, 1.54) is 12.1 Å². The molecule has 0 amide bonds. The van der Waals surface area contributed by atoms with Gasteiger partial charge in [-0.1, -0.05) is 33.6 Å². The van der Waals surface area contributed by atoms with Gasteiger partial charge in [0.25, 0.3) is 0 Å². The van der Waals surface area contributed by atoms with E-state index in [1.54, 1.807) is 6.07 Å². The van der Waals surface area contributed by atoms with Gasteiger partial charge in [0, 0.05) is 33.1 Å². The maximum absolute atomic E-state index is 13.4. The molecule has 0 saturated carbocycles. The Hall–Kier alpha value is -1.10. The molecule has 5 heteroatoms. The van der Waals surface area contributed by atoms with E-state index in [4.69, 9.17) is 16.3 Å². The quantitative estimate of drug-likeness (QED) is 0.801. The highest BCUT2D eigenvalue weighted by Gasteiger charge is 2.29. The number of nitrogens with one attached hydrogen (secondary N) is 1. The second kappa shape index (κ2) is 5.95. The molecular formula is C16H14BrClFNO. The molecule has 0 radical (unpaired) electrons. The summed E-state index contributed by atoms with van der Waals surface area (Å²) in [5.41, 5.74) is 1.79. The molecule has 1 aliphatic rings. The Kier molecular flexibility index (Phi) is 4.20. The summed E-state index contributed by atoms with van der Waals surface area (Å²) < 4.78 is 20.4. The standard InChI is InChI=1S/C16H14BrClFNO/c1-20-14-8-16(11-4-2-9(17)6-13(11)18)21-15-5-3-10(19)7-12(14)15/h2-7,14,16,20H,8H2,1H3. The van der Waals surface area contributed by atoms with Crippen LogP contribution in [-0.4, -0.2) is 7.05 Å². The van der Waals surface area contributed by atoms with Gasteiger partial charge in [0.1, 0.15) is 17.7 Å². The zero-order valence-corrected chi connectivity index (χ0v) is 13.7. The van der Waals surface area contributed by atoms with Crippen molar-refractivity contribution in [1.29, 1.82) is 0 Å². The molecule has 2 atom stereocenters. The minimum absolute atomic E-state index is 0.0363. The number of hydrogen-bond acceptors (Lipinski definition) is 2. The maximum Gasteiger partial charge on any atom is 0.127 e. The number of halogens is 3. The lowest BCUT2D eigenvalue weighted by Gasteiger charge is -2.32. The minimum Gasteiger partial charge on any atom is -0.485 e. The smallest absolute Gasteiger partial charge is 0.127 e. The van der Waals surface area contributed by atoms with Crippen LogP contribution in [0.5, 0.6) is 5.75 Å². The molecule has 0 saturated heterocycles. The molecule has 0 spiro atoms. The van der Waals surface area contributed by atoms with Crippen molar-refractivity contribution < 1.29 is 9.13 Å². The van der Waals surface area contributed by atoms with Crippen LogP contribution in [0.3, 0.4) is 0 Å². The Balaban J connectivity index is 1.98. The van der Waals surface area contributed by atoms with Gasteiger partial charge in [0.15, 0.2) is 0 Å². The van der Waals surface area contributed by atoms with E-state index in [9.17, 15) is 4.39 Å². The van der Waals surface area contributed by atoms with E-state index in [0.29, 0.717) is 17.2 Å². The van der Waals surface area contributed by atoms with Crippen LogP contribution in [0.4, 0.5) is 4.39 Å². The van der Waals surface area contributed by atoms with E-state index in [1.807, 2.05) is 25.2 Å². The van der Waals surface area contributed by atoms with Crippen molar-refractivity contribution in [3.8, 4) is 5.75 Å². The Labute approximate surface area is 136 Å². The van der Waals surface area contributed by atoms with Crippen molar-refractivity contribution in [3.63, 3.8) is 0 Å². The van der Waals surface area contributed by atoms with Gasteiger partial charge in [0.2, 0.25) is 0 Å². The van der Waals surface area contributed by atoms with Gasteiger partial charge in [-0.15, -0.1) is 0 Å². The molecule has 110 valence electrons. The molecule has 3 rings (SSSR count). The molecule has 2 nitrogen and oxygen atoms in total. The van der Waals surface area contributed by atoms with Gasteiger partial charge >= 0.3 is 0 Å². The fourth-order valence-corrected chi connectivity index (χ4v) is 3.46. The fourth-order valence-electron chi connectivity index (χ4n) is 2.67. The molecule has 0 bridgehead atoms. The van der Waals surface area contributed by atoms with Gasteiger partial charge in [-0.2, -0.15) is 0 Å². The fraction of sp³-hybridized carbons (Fsp3) is 0.250. The second-order valence-electron chi connectivity index (χ2n) is 5.03. The molecule has 2 aromatic rings. The number of hydrogen-bond donors (Lipinski definition) is 1. The molecule has 2 unspecified atom stereocenters. The summed E-state index contributed by atoms with van der Waals surface area (Å²) in [6.07, 6.45) is 0.551. The van der Waals surface area contributed by atoms with Crippen LogP contribution >= 0.6 is 27.5 Å². The van der Waals surface area contributed by atoms with E-state index in [2.05, 4.69) is 21.2 Å². The first-order chi connectivity index (χ1) is 10.1. The van der Waals surface area contributed by atoms with E-state index in [-0.39, 0.29) is 18.0 Å². The van der Waals surface area contributed by atoms with E-state index >= 15 is 0 Å². The SMILES string of the molecule is CNC1CC(c2ccc(Br)cc2Cl)Oc2ccc(F)cc21. The van der Waals surface area contributed by atoms with Crippen LogP contribution in [0, 0.1) is 5.82 Å². The van der Waals surface area contributed by atoms with Crippen molar-refractivity contribution in [2.75, 3.05) is 7.05 Å². The Morgan fingerprint density at radius 2 is 2.05 bits per heavy atom. The normalized spacial score (nSPS) is 20.8. The average molecular weight is 371 g/mol. The third-order valence-electron chi connectivity index (χ3n) is 3.72. The number of ether oxygens (including phenoxy) is 1. The number of benzene rings is 2. The maximum atomic E-state index is 13.4. The van der Waals surface area contributed by atoms with Gasteiger partial charge in [-0.25, -0.2) is 4.39 Å². The molecule has 2 aromatic carbocycles. The number of fused-ring (bicyclic) bond motifs is 1. The Bertz CT molecular complexity index is 679. The summed E-state index contributed by atoms with van der Waals surface area (Å²) in [6, 6.07) is 10.4. The van der Waals surface area contributed by atoms with Gasteiger partial charge in [-0.05, 0) is 37.4 Å². The monoisotopic (exact) mass is 369 g/mol. The van der Waals surface area contributed by atoms with Crippen LogP contribution in [0.1, 0.15) is 29.7 Å². The summed E-state index contributed by atoms with van der Waals surface area (Å²) >= 11 is 9.72. The molecule has 0 fully saturated rings. The predicted octanol–water partition coefficient (Wildman–Crippen LogP) is 5.03. The van der Waals surface area contributed by atoms with Crippen LogP contribution in [0.15, 0.2) is 40.9 Å². The lowest BCUT2D eigenvalue weighted by atomic mass is 9.93. The third-order valence-corrected chi connectivity index (χ3v) is 4.54. The lowest BCUT2D eigenvalue weighted by molar-refractivity contribution is 0.153. The van der Waals surface area contributed by atoms with E-state index < -0.39 is 0 Å². The van der Waals surface area contributed by atoms with Gasteiger partial charge in [0.05, 0.1) is 0 Å². The molecule has 0 aliphatic carbocycles. The summed E-state index contributed by atoms with van der Waals surface area (Å²) in [5.74, 6) is 0.448. The average Bonchev–Trinajstić information content (AvgIpc) is 2.46. The van der Waals surface area contributed by atoms with E-state index in [0.717, 1.165) is 15.6 Å². The van der Waals surface area contributed by atoms with Crippen molar-refractivity contribution >= 4 is 27.5 Å². The first-order valence-corrected chi connectivity index (χ1v) is 7.84. The summed E-state index contributed by atoms with van der Waals surface area (Å²) in [5, 5.41) is 3.88. The minimum atomic E-state index is -0.252. The van der Waals surface area contributed by atoms with Crippen LogP contribution in [0.2, 0.25) is 5.02 Å². The molecule has 1 aliphatic heterocycles. The molecule has 1 heterocycles. The highest BCUT2D eigenvalue weighted by molar-refractivity contribution is 9.10. The summed E-state index contributed by atoms with van der Waals surface area (Å²) in [6.45, 7) is 0. The highest BCUT2D eigenvalue weighted by Crippen LogP contribution is 2.42. The lowest BCUT2D eigenvalue weighted by Crippen LogP contribution is -2.27. The Morgan fingerprint density at radius 1 is 1.24 bits per heavy atom. The molecule has 1 N–H and O–H groups in total. The number of rotatable bonds is 2. The third kappa shape index (κ3) is 2.93. The van der Waals surface area contributed by atoms with Crippen molar-refractivity contribution in [1.82, 2.24) is 5.32 Å². The Morgan fingerprint density at radius 3 is 2.76 bits per heavy atom. The van der Waals surface area contributed by atoms with Gasteiger partial charge in [-0.3, -0.25) is 0 Å². The van der Waals surface area contributed by atoms with Gasteiger partial charge < -0.3 is 10.1 Å². The zero-order valence-electron chi connectivity index (χ0n) is 11.4. The first kappa shape index (κ1) is 14.8. The highest BCUT2D eigenvalue weighted by atomic mass is 79.9. The summed E-state index contributed by atoms with van der Waals surface area (Å²) in [4.78, 5) is 0. The second-order valence-corrected chi connectivity index (χ2v) is 6.35.